The summed E-state index contributed by atoms with van der Waals surface area (Å²) in [4.78, 5) is 4.00. The van der Waals surface area contributed by atoms with Gasteiger partial charge >= 0.3 is 0 Å². The van der Waals surface area contributed by atoms with Gasteiger partial charge in [-0.15, -0.1) is 0 Å². The topological polar surface area (TPSA) is 57.4 Å². The van der Waals surface area contributed by atoms with Gasteiger partial charge in [-0.05, 0) is 24.5 Å². The SMILES string of the molecule is Nc1ccc(COCC2CCCO2)cn1. The van der Waals surface area contributed by atoms with Crippen molar-refractivity contribution in [2.45, 2.75) is 25.6 Å². The highest BCUT2D eigenvalue weighted by Gasteiger charge is 2.15. The zero-order valence-electron chi connectivity index (χ0n) is 8.69. The van der Waals surface area contributed by atoms with E-state index >= 15 is 0 Å². The second kappa shape index (κ2) is 5.09. The highest BCUT2D eigenvalue weighted by molar-refractivity contribution is 5.28. The summed E-state index contributed by atoms with van der Waals surface area (Å²) in [6.45, 7) is 2.12. The van der Waals surface area contributed by atoms with E-state index in [9.17, 15) is 0 Å². The Hall–Kier alpha value is -1.13. The first-order chi connectivity index (χ1) is 7.34. The molecule has 0 radical (unpaired) electrons. The maximum Gasteiger partial charge on any atom is 0.123 e. The van der Waals surface area contributed by atoms with Crippen LogP contribution in [0.2, 0.25) is 0 Å². The molecule has 0 aliphatic carbocycles. The largest absolute Gasteiger partial charge is 0.384 e. The van der Waals surface area contributed by atoms with Crippen molar-refractivity contribution < 1.29 is 9.47 Å². The number of pyridine rings is 1. The van der Waals surface area contributed by atoms with E-state index < -0.39 is 0 Å². The summed E-state index contributed by atoms with van der Waals surface area (Å²) in [6, 6.07) is 3.71. The van der Waals surface area contributed by atoms with Gasteiger partial charge in [-0.3, -0.25) is 0 Å². The third-order valence-electron chi connectivity index (χ3n) is 2.44. The van der Waals surface area contributed by atoms with E-state index in [1.54, 1.807) is 12.3 Å². The monoisotopic (exact) mass is 208 g/mol. The zero-order valence-corrected chi connectivity index (χ0v) is 8.69. The fourth-order valence-corrected chi connectivity index (χ4v) is 1.61. The summed E-state index contributed by atoms with van der Waals surface area (Å²) in [5, 5.41) is 0. The van der Waals surface area contributed by atoms with Crippen molar-refractivity contribution >= 4 is 5.82 Å². The first-order valence-electron chi connectivity index (χ1n) is 5.24. The Morgan fingerprint density at radius 1 is 1.53 bits per heavy atom. The molecule has 1 saturated heterocycles. The lowest BCUT2D eigenvalue weighted by atomic mass is 10.2. The van der Waals surface area contributed by atoms with Gasteiger partial charge in [0.1, 0.15) is 5.82 Å². The van der Waals surface area contributed by atoms with Crippen molar-refractivity contribution in [2.24, 2.45) is 0 Å². The molecular weight excluding hydrogens is 192 g/mol. The Labute approximate surface area is 89.4 Å². The van der Waals surface area contributed by atoms with E-state index in [1.165, 1.54) is 0 Å². The summed E-state index contributed by atoms with van der Waals surface area (Å²) in [6.07, 6.45) is 4.29. The van der Waals surface area contributed by atoms with Crippen LogP contribution >= 0.6 is 0 Å². The van der Waals surface area contributed by atoms with Crippen molar-refractivity contribution in [1.29, 1.82) is 0 Å². The van der Waals surface area contributed by atoms with E-state index in [0.29, 0.717) is 19.0 Å². The molecule has 0 aromatic carbocycles. The molecular formula is C11H16N2O2. The lowest BCUT2D eigenvalue weighted by Crippen LogP contribution is -2.13. The Bertz CT molecular complexity index is 294. The van der Waals surface area contributed by atoms with E-state index in [4.69, 9.17) is 15.2 Å². The number of nitrogen functional groups attached to an aromatic ring is 1. The van der Waals surface area contributed by atoms with Crippen LogP contribution in [0.15, 0.2) is 18.3 Å². The molecule has 2 N–H and O–H groups in total. The first-order valence-corrected chi connectivity index (χ1v) is 5.24. The van der Waals surface area contributed by atoms with Crippen LogP contribution in [0.1, 0.15) is 18.4 Å². The summed E-state index contributed by atoms with van der Waals surface area (Å²) in [5.41, 5.74) is 6.53. The summed E-state index contributed by atoms with van der Waals surface area (Å²) < 4.78 is 11.0. The maximum atomic E-state index is 5.54. The van der Waals surface area contributed by atoms with E-state index in [0.717, 1.165) is 25.0 Å². The molecule has 0 bridgehead atoms. The van der Waals surface area contributed by atoms with Crippen LogP contribution in [0.4, 0.5) is 5.82 Å². The van der Waals surface area contributed by atoms with Crippen molar-refractivity contribution in [1.82, 2.24) is 4.98 Å². The van der Waals surface area contributed by atoms with Crippen molar-refractivity contribution in [3.8, 4) is 0 Å². The highest BCUT2D eigenvalue weighted by atomic mass is 16.5. The van der Waals surface area contributed by atoms with Crippen molar-refractivity contribution in [3.63, 3.8) is 0 Å². The lowest BCUT2D eigenvalue weighted by molar-refractivity contribution is 0.0105. The zero-order chi connectivity index (χ0) is 10.5. The number of hydrogen-bond donors (Lipinski definition) is 1. The molecule has 0 spiro atoms. The van der Waals surface area contributed by atoms with Gasteiger partial charge in [-0.2, -0.15) is 0 Å². The molecule has 1 aliphatic rings. The molecule has 0 amide bonds. The van der Waals surface area contributed by atoms with Crippen LogP contribution in [-0.4, -0.2) is 24.3 Å². The van der Waals surface area contributed by atoms with Crippen LogP contribution in [0.3, 0.4) is 0 Å². The minimum absolute atomic E-state index is 0.284. The molecule has 4 heteroatoms. The van der Waals surface area contributed by atoms with Gasteiger partial charge in [0.25, 0.3) is 0 Å². The van der Waals surface area contributed by atoms with Gasteiger partial charge in [0.05, 0.1) is 19.3 Å². The number of ether oxygens (including phenoxy) is 2. The standard InChI is InChI=1S/C11H16N2O2/c12-11-4-3-9(6-13-11)7-14-8-10-2-1-5-15-10/h3-4,6,10H,1-2,5,7-8H2,(H2,12,13). The molecule has 15 heavy (non-hydrogen) atoms. The van der Waals surface area contributed by atoms with Crippen LogP contribution in [0.25, 0.3) is 0 Å². The number of nitrogens with two attached hydrogens (primary N) is 1. The Balaban J connectivity index is 1.71. The Kier molecular flexibility index (Phi) is 3.53. The van der Waals surface area contributed by atoms with Crippen molar-refractivity contribution in [2.75, 3.05) is 18.9 Å². The van der Waals surface area contributed by atoms with Crippen LogP contribution in [-0.2, 0) is 16.1 Å². The molecule has 82 valence electrons. The fraction of sp³-hybridized carbons (Fsp3) is 0.545. The molecule has 2 heterocycles. The smallest absolute Gasteiger partial charge is 0.123 e. The number of rotatable bonds is 4. The summed E-state index contributed by atoms with van der Waals surface area (Å²) >= 11 is 0. The van der Waals surface area contributed by atoms with Gasteiger partial charge in [-0.25, -0.2) is 4.98 Å². The Morgan fingerprint density at radius 2 is 2.47 bits per heavy atom. The molecule has 4 nitrogen and oxygen atoms in total. The van der Waals surface area contributed by atoms with E-state index in [-0.39, 0.29) is 6.10 Å². The first kappa shape index (κ1) is 10.4. The third kappa shape index (κ3) is 3.18. The molecule has 1 unspecified atom stereocenters. The minimum Gasteiger partial charge on any atom is -0.384 e. The second-order valence-corrected chi connectivity index (χ2v) is 3.74. The van der Waals surface area contributed by atoms with Gasteiger partial charge in [0.2, 0.25) is 0 Å². The number of nitrogens with zero attached hydrogens (tertiary/aromatic N) is 1. The molecule has 1 fully saturated rings. The predicted molar refractivity (Wildman–Crippen MR) is 57.3 cm³/mol. The van der Waals surface area contributed by atoms with Crippen LogP contribution < -0.4 is 5.73 Å². The quantitative estimate of drug-likeness (QED) is 0.811. The number of anilines is 1. The summed E-state index contributed by atoms with van der Waals surface area (Å²) in [5.74, 6) is 0.540. The van der Waals surface area contributed by atoms with Gasteiger partial charge < -0.3 is 15.2 Å². The minimum atomic E-state index is 0.284. The van der Waals surface area contributed by atoms with Crippen LogP contribution in [0, 0.1) is 0 Å². The average molecular weight is 208 g/mol. The molecule has 1 aromatic heterocycles. The van der Waals surface area contributed by atoms with E-state index in [1.807, 2.05) is 6.07 Å². The number of aromatic nitrogens is 1. The fourth-order valence-electron chi connectivity index (χ4n) is 1.61. The third-order valence-corrected chi connectivity index (χ3v) is 2.44. The molecule has 1 aliphatic heterocycles. The average Bonchev–Trinajstić information content (AvgIpc) is 2.74. The van der Waals surface area contributed by atoms with Crippen LogP contribution in [0.5, 0.6) is 0 Å². The van der Waals surface area contributed by atoms with Gasteiger partial charge in [0, 0.05) is 12.8 Å². The second-order valence-electron chi connectivity index (χ2n) is 3.74. The predicted octanol–water partition coefficient (Wildman–Crippen LogP) is 1.36. The molecule has 1 atom stereocenters. The normalized spacial score (nSPS) is 20.7. The highest BCUT2D eigenvalue weighted by Crippen LogP contribution is 2.12. The summed E-state index contributed by atoms with van der Waals surface area (Å²) in [7, 11) is 0. The van der Waals surface area contributed by atoms with Gasteiger partial charge in [-0.1, -0.05) is 6.07 Å². The maximum absolute atomic E-state index is 5.54. The lowest BCUT2D eigenvalue weighted by Gasteiger charge is -2.09. The van der Waals surface area contributed by atoms with E-state index in [2.05, 4.69) is 4.98 Å². The van der Waals surface area contributed by atoms with Gasteiger partial charge in [0.15, 0.2) is 0 Å². The molecule has 0 saturated carbocycles. The Morgan fingerprint density at radius 3 is 3.13 bits per heavy atom. The molecule has 1 aromatic rings. The van der Waals surface area contributed by atoms with Crippen molar-refractivity contribution in [3.05, 3.63) is 23.9 Å². The molecule has 2 rings (SSSR count). The number of hydrogen-bond acceptors (Lipinski definition) is 4.